The quantitative estimate of drug-likeness (QED) is 0.573. The molecule has 0 aromatic heterocycles. The first kappa shape index (κ1) is 14.9. The number of hydrogen-bond donors (Lipinski definition) is 0. The van der Waals surface area contributed by atoms with Crippen molar-refractivity contribution in [2.24, 2.45) is 29.1 Å². The highest BCUT2D eigenvalue weighted by molar-refractivity contribution is 6.03. The van der Waals surface area contributed by atoms with Crippen LogP contribution in [0.5, 0.6) is 0 Å². The first-order valence-corrected chi connectivity index (χ1v) is 8.96. The Morgan fingerprint density at radius 3 is 2.33 bits per heavy atom. The largest absolute Gasteiger partial charge is 0.466 e. The summed E-state index contributed by atoms with van der Waals surface area (Å²) < 4.78 is 16.7. The van der Waals surface area contributed by atoms with Crippen LogP contribution in [-0.2, 0) is 23.8 Å². The average Bonchev–Trinajstić information content (AvgIpc) is 2.83. The normalized spacial score (nSPS) is 48.8. The van der Waals surface area contributed by atoms with E-state index >= 15 is 0 Å². The molecule has 0 N–H and O–H groups in total. The van der Waals surface area contributed by atoms with Gasteiger partial charge in [0.15, 0.2) is 0 Å². The lowest BCUT2D eigenvalue weighted by Crippen LogP contribution is -2.52. The topological polar surface area (TPSA) is 65.1 Å². The Labute approximate surface area is 141 Å². The third-order valence-corrected chi connectivity index (χ3v) is 7.99. The maximum atomic E-state index is 12.7. The van der Waals surface area contributed by atoms with Crippen LogP contribution >= 0.6 is 0 Å². The summed E-state index contributed by atoms with van der Waals surface area (Å²) in [6.07, 6.45) is 4.43. The van der Waals surface area contributed by atoms with Gasteiger partial charge in [-0.2, -0.15) is 0 Å². The van der Waals surface area contributed by atoms with Crippen LogP contribution in [-0.4, -0.2) is 37.4 Å². The second-order valence-corrected chi connectivity index (χ2v) is 8.81. The maximum Gasteiger partial charge on any atom is 0.334 e. The number of epoxide rings is 1. The van der Waals surface area contributed by atoms with Crippen LogP contribution in [0.1, 0.15) is 39.5 Å². The fraction of sp³-hybridized carbons (Fsp3) is 0.789. The molecule has 1 aliphatic heterocycles. The van der Waals surface area contributed by atoms with Gasteiger partial charge >= 0.3 is 11.9 Å². The number of ether oxygens (including phenoxy) is 3. The van der Waals surface area contributed by atoms with Crippen LogP contribution in [0.3, 0.4) is 0 Å². The van der Waals surface area contributed by atoms with E-state index in [1.54, 1.807) is 0 Å². The van der Waals surface area contributed by atoms with Crippen LogP contribution in [0, 0.1) is 29.1 Å². The van der Waals surface area contributed by atoms with Crippen LogP contribution in [0.2, 0.25) is 0 Å². The summed E-state index contributed by atoms with van der Waals surface area (Å²) in [6.45, 7) is 4.35. The SMILES string of the molecule is COC(=O)C1=C(C(=O)OC)[C@H]2C(C)(C)[C@H]1C[C@@]13O[C@@]21[C@H]1CC[C@H]3C1. The average molecular weight is 332 g/mol. The van der Waals surface area contributed by atoms with Gasteiger partial charge in [-0.15, -0.1) is 0 Å². The number of carbonyl (C=O) groups is 2. The van der Waals surface area contributed by atoms with E-state index in [0.29, 0.717) is 23.0 Å². The van der Waals surface area contributed by atoms with Crippen molar-refractivity contribution in [3.05, 3.63) is 11.1 Å². The van der Waals surface area contributed by atoms with E-state index in [1.807, 2.05) is 0 Å². The van der Waals surface area contributed by atoms with Gasteiger partial charge in [-0.25, -0.2) is 9.59 Å². The second kappa shape index (κ2) is 4.06. The minimum absolute atomic E-state index is 0.000903. The first-order chi connectivity index (χ1) is 11.3. The monoisotopic (exact) mass is 332 g/mol. The lowest BCUT2D eigenvalue weighted by molar-refractivity contribution is -0.139. The van der Waals surface area contributed by atoms with Gasteiger partial charge < -0.3 is 14.2 Å². The molecule has 0 spiro atoms. The molecule has 0 aromatic carbocycles. The Morgan fingerprint density at radius 2 is 1.67 bits per heavy atom. The maximum absolute atomic E-state index is 12.7. The van der Waals surface area contributed by atoms with Gasteiger partial charge in [0.05, 0.1) is 25.4 Å². The Hall–Kier alpha value is -1.36. The molecule has 6 atom stereocenters. The van der Waals surface area contributed by atoms with Gasteiger partial charge in [0.25, 0.3) is 0 Å². The standard InChI is InChI=1S/C19H24O5/c1-17(2)11-8-18-9-5-6-10(7-9)19(18,24-18)14(17)13(16(21)23-4)12(11)15(20)22-3/h9-11,14H,5-8H2,1-4H3/t9-,10-,11-,14-,18-,19-/m0/s1. The summed E-state index contributed by atoms with van der Waals surface area (Å²) in [7, 11) is 2.77. The molecular formula is C19H24O5. The molecular weight excluding hydrogens is 308 g/mol. The molecule has 4 aliphatic carbocycles. The zero-order chi connectivity index (χ0) is 17.1. The molecule has 0 amide bonds. The van der Waals surface area contributed by atoms with Crippen molar-refractivity contribution in [2.75, 3.05) is 14.2 Å². The molecule has 24 heavy (non-hydrogen) atoms. The van der Waals surface area contributed by atoms with Crippen LogP contribution in [0.4, 0.5) is 0 Å². The molecule has 0 unspecified atom stereocenters. The molecule has 1 saturated heterocycles. The van der Waals surface area contributed by atoms with Crippen molar-refractivity contribution in [1.29, 1.82) is 0 Å². The zero-order valence-corrected chi connectivity index (χ0v) is 14.7. The molecule has 130 valence electrons. The van der Waals surface area contributed by atoms with Gasteiger partial charge in [-0.05, 0) is 42.9 Å². The molecule has 0 aromatic rings. The van der Waals surface area contributed by atoms with Crippen LogP contribution < -0.4 is 0 Å². The second-order valence-electron chi connectivity index (χ2n) is 8.81. The van der Waals surface area contributed by atoms with Crippen molar-refractivity contribution in [3.63, 3.8) is 0 Å². The Balaban J connectivity index is 1.73. The highest BCUT2D eigenvalue weighted by Crippen LogP contribution is 2.83. The molecule has 5 aliphatic rings. The molecule has 4 bridgehead atoms. The van der Waals surface area contributed by atoms with E-state index in [9.17, 15) is 9.59 Å². The van der Waals surface area contributed by atoms with Gasteiger partial charge in [0.2, 0.25) is 0 Å². The molecule has 0 radical (unpaired) electrons. The van der Waals surface area contributed by atoms with Crippen molar-refractivity contribution >= 4 is 11.9 Å². The third kappa shape index (κ3) is 1.26. The number of methoxy groups -OCH3 is 2. The number of fused-ring (bicyclic) bond motifs is 4. The lowest BCUT2D eigenvalue weighted by Gasteiger charge is -2.45. The Kier molecular flexibility index (Phi) is 2.53. The summed E-state index contributed by atoms with van der Waals surface area (Å²) in [6, 6.07) is 0. The van der Waals surface area contributed by atoms with Gasteiger partial charge in [0, 0.05) is 11.8 Å². The minimum atomic E-state index is -0.389. The predicted molar refractivity (Wildman–Crippen MR) is 83.8 cm³/mol. The van der Waals surface area contributed by atoms with E-state index in [1.165, 1.54) is 33.5 Å². The summed E-state index contributed by atoms with van der Waals surface area (Å²) >= 11 is 0. The highest BCUT2D eigenvalue weighted by atomic mass is 16.6. The molecule has 5 rings (SSSR count). The Bertz CT molecular complexity index is 707. The number of hydrogen-bond acceptors (Lipinski definition) is 5. The molecule has 5 heteroatoms. The number of carbonyl (C=O) groups excluding carboxylic acids is 2. The van der Waals surface area contributed by atoms with E-state index < -0.39 is 0 Å². The van der Waals surface area contributed by atoms with Gasteiger partial charge in [-0.3, -0.25) is 0 Å². The van der Waals surface area contributed by atoms with Gasteiger partial charge in [-0.1, -0.05) is 13.8 Å². The fourth-order valence-electron chi connectivity index (χ4n) is 7.23. The van der Waals surface area contributed by atoms with Crippen molar-refractivity contribution in [2.45, 2.75) is 50.7 Å². The van der Waals surface area contributed by atoms with Gasteiger partial charge in [0.1, 0.15) is 11.2 Å². The van der Waals surface area contributed by atoms with E-state index in [4.69, 9.17) is 14.2 Å². The zero-order valence-electron chi connectivity index (χ0n) is 14.7. The summed E-state index contributed by atoms with van der Waals surface area (Å²) in [5.41, 5.74) is 0.518. The Morgan fingerprint density at radius 1 is 1.04 bits per heavy atom. The van der Waals surface area contributed by atoms with Crippen molar-refractivity contribution in [3.8, 4) is 0 Å². The fourth-order valence-corrected chi connectivity index (χ4v) is 7.23. The highest BCUT2D eigenvalue weighted by Gasteiger charge is 2.90. The van der Waals surface area contributed by atoms with Crippen molar-refractivity contribution in [1.82, 2.24) is 0 Å². The third-order valence-electron chi connectivity index (χ3n) is 7.99. The number of esters is 2. The van der Waals surface area contributed by atoms with Crippen LogP contribution in [0.15, 0.2) is 11.1 Å². The lowest BCUT2D eigenvalue weighted by atomic mass is 9.54. The molecule has 1 heterocycles. The summed E-state index contributed by atoms with van der Waals surface area (Å²) in [5, 5.41) is 0. The summed E-state index contributed by atoms with van der Waals surface area (Å²) in [4.78, 5) is 25.2. The van der Waals surface area contributed by atoms with Crippen molar-refractivity contribution < 1.29 is 23.8 Å². The predicted octanol–water partition coefficient (Wildman–Crippen LogP) is 2.24. The molecule has 5 nitrogen and oxygen atoms in total. The van der Waals surface area contributed by atoms with E-state index in [-0.39, 0.29) is 40.4 Å². The summed E-state index contributed by atoms with van der Waals surface area (Å²) in [5.74, 6) is 0.249. The van der Waals surface area contributed by atoms with E-state index in [0.717, 1.165) is 6.42 Å². The number of rotatable bonds is 2. The molecule has 4 fully saturated rings. The van der Waals surface area contributed by atoms with E-state index in [2.05, 4.69) is 13.8 Å². The molecule has 3 saturated carbocycles. The smallest absolute Gasteiger partial charge is 0.334 e. The van der Waals surface area contributed by atoms with Crippen LogP contribution in [0.25, 0.3) is 0 Å². The first-order valence-electron chi connectivity index (χ1n) is 8.96. The minimum Gasteiger partial charge on any atom is -0.466 e.